The lowest BCUT2D eigenvalue weighted by Gasteiger charge is -2.33. The van der Waals surface area contributed by atoms with Gasteiger partial charge in [-0.05, 0) is 47.9 Å². The van der Waals surface area contributed by atoms with E-state index in [-0.39, 0.29) is 18.3 Å². The van der Waals surface area contributed by atoms with Gasteiger partial charge in [0.15, 0.2) is 0 Å². The van der Waals surface area contributed by atoms with Gasteiger partial charge in [0.1, 0.15) is 17.7 Å². The van der Waals surface area contributed by atoms with Crippen molar-refractivity contribution in [1.82, 2.24) is 25.1 Å². The van der Waals surface area contributed by atoms with E-state index in [0.717, 1.165) is 5.56 Å². The Morgan fingerprint density at radius 1 is 1.35 bits per heavy atom. The average molecular weight is 361 g/mol. The van der Waals surface area contributed by atoms with Crippen LogP contribution in [0, 0.1) is 18.7 Å². The molecule has 8 nitrogen and oxygen atoms in total. The summed E-state index contributed by atoms with van der Waals surface area (Å²) in [6, 6.07) is 5.20. The number of nitrogens with zero attached hydrogens (tertiary/aromatic N) is 5. The number of carbonyl (C=O) groups is 2. The molecule has 1 N–H and O–H groups in total. The Morgan fingerprint density at radius 3 is 2.69 bits per heavy atom. The topological polar surface area (TPSA) is 101 Å². The fourth-order valence-electron chi connectivity index (χ4n) is 3.24. The second-order valence-corrected chi connectivity index (χ2v) is 6.48. The average Bonchev–Trinajstić information content (AvgIpc) is 3.06. The van der Waals surface area contributed by atoms with Crippen LogP contribution >= 0.6 is 0 Å². The predicted molar refractivity (Wildman–Crippen MR) is 88.6 cm³/mol. The van der Waals surface area contributed by atoms with Gasteiger partial charge in [0.2, 0.25) is 5.91 Å². The van der Waals surface area contributed by atoms with E-state index in [0.29, 0.717) is 31.6 Å². The minimum atomic E-state index is -0.892. The van der Waals surface area contributed by atoms with Crippen molar-refractivity contribution < 1.29 is 19.1 Å². The number of piperidine rings is 1. The van der Waals surface area contributed by atoms with Gasteiger partial charge < -0.3 is 10.0 Å². The first-order valence-corrected chi connectivity index (χ1v) is 8.46. The number of carboxylic acids is 1. The summed E-state index contributed by atoms with van der Waals surface area (Å²) in [4.78, 5) is 26.0. The third-order valence-electron chi connectivity index (χ3n) is 4.66. The number of hydrogen-bond donors (Lipinski definition) is 1. The molecule has 3 rings (SSSR count). The zero-order valence-corrected chi connectivity index (χ0v) is 14.4. The Morgan fingerprint density at radius 2 is 2.08 bits per heavy atom. The zero-order chi connectivity index (χ0) is 18.7. The van der Waals surface area contributed by atoms with Crippen LogP contribution in [-0.4, -0.2) is 55.2 Å². The molecule has 1 amide bonds. The Bertz CT molecular complexity index is 792. The number of aryl methyl sites for hydroxylation is 1. The van der Waals surface area contributed by atoms with Crippen LogP contribution in [0.2, 0.25) is 0 Å². The third-order valence-corrected chi connectivity index (χ3v) is 4.66. The van der Waals surface area contributed by atoms with E-state index < -0.39 is 17.9 Å². The van der Waals surface area contributed by atoms with Gasteiger partial charge in [-0.2, -0.15) is 0 Å². The van der Waals surface area contributed by atoms with Crippen LogP contribution in [0.3, 0.4) is 0 Å². The highest BCUT2D eigenvalue weighted by Crippen LogP contribution is 2.23. The number of likely N-dealkylation sites (tertiary alicyclic amines) is 1. The number of aromatic nitrogens is 4. The van der Waals surface area contributed by atoms with Crippen LogP contribution in [0.4, 0.5) is 4.39 Å². The molecule has 0 aliphatic carbocycles. The molecule has 0 spiro atoms. The zero-order valence-electron chi connectivity index (χ0n) is 14.4. The Balaban J connectivity index is 1.85. The number of carbonyl (C=O) groups excluding carboxylic acids is 1. The molecule has 1 saturated heterocycles. The van der Waals surface area contributed by atoms with E-state index in [2.05, 4.69) is 15.5 Å². The van der Waals surface area contributed by atoms with E-state index in [1.54, 1.807) is 24.0 Å². The number of aliphatic carboxylic acids is 1. The van der Waals surface area contributed by atoms with Gasteiger partial charge in [0, 0.05) is 19.5 Å². The summed E-state index contributed by atoms with van der Waals surface area (Å²) in [5.41, 5.74) is 0.770. The van der Waals surface area contributed by atoms with Crippen molar-refractivity contribution in [3.63, 3.8) is 0 Å². The van der Waals surface area contributed by atoms with Crippen LogP contribution in [-0.2, 0) is 16.0 Å². The molecule has 2 aromatic rings. The van der Waals surface area contributed by atoms with Gasteiger partial charge >= 0.3 is 5.97 Å². The molecule has 2 heterocycles. The summed E-state index contributed by atoms with van der Waals surface area (Å²) in [5, 5.41) is 20.6. The lowest BCUT2D eigenvalue weighted by atomic mass is 9.96. The molecular weight excluding hydrogens is 341 g/mol. The van der Waals surface area contributed by atoms with Gasteiger partial charge in [0.05, 0.1) is 5.92 Å². The highest BCUT2D eigenvalue weighted by molar-refractivity contribution is 5.82. The molecule has 0 unspecified atom stereocenters. The summed E-state index contributed by atoms with van der Waals surface area (Å²) in [6.07, 6.45) is 1.49. The number of carboxylic acid groups (broad SMARTS) is 1. The predicted octanol–water partition coefficient (Wildman–Crippen LogP) is 1.23. The molecule has 0 bridgehead atoms. The van der Waals surface area contributed by atoms with Crippen molar-refractivity contribution >= 4 is 11.9 Å². The fourth-order valence-corrected chi connectivity index (χ4v) is 3.24. The van der Waals surface area contributed by atoms with E-state index in [9.17, 15) is 19.1 Å². The van der Waals surface area contributed by atoms with Gasteiger partial charge in [-0.25, -0.2) is 9.07 Å². The number of amides is 1. The summed E-state index contributed by atoms with van der Waals surface area (Å²) >= 11 is 0. The van der Waals surface area contributed by atoms with Crippen molar-refractivity contribution in [3.05, 3.63) is 41.5 Å². The van der Waals surface area contributed by atoms with Crippen LogP contribution in [0.15, 0.2) is 24.3 Å². The first kappa shape index (κ1) is 18.0. The number of benzene rings is 1. The van der Waals surface area contributed by atoms with Crippen molar-refractivity contribution in [3.8, 4) is 0 Å². The third kappa shape index (κ3) is 3.87. The number of tetrazole rings is 1. The first-order valence-electron chi connectivity index (χ1n) is 8.46. The smallest absolute Gasteiger partial charge is 0.308 e. The summed E-state index contributed by atoms with van der Waals surface area (Å²) in [5.74, 6) is -1.55. The van der Waals surface area contributed by atoms with Gasteiger partial charge in [0.25, 0.3) is 0 Å². The summed E-state index contributed by atoms with van der Waals surface area (Å²) in [7, 11) is 0. The largest absolute Gasteiger partial charge is 0.481 e. The van der Waals surface area contributed by atoms with E-state index in [1.165, 1.54) is 16.8 Å². The van der Waals surface area contributed by atoms with Crippen LogP contribution in [0.1, 0.15) is 30.3 Å². The van der Waals surface area contributed by atoms with Crippen LogP contribution < -0.4 is 0 Å². The molecule has 1 aromatic heterocycles. The van der Waals surface area contributed by atoms with E-state index >= 15 is 0 Å². The summed E-state index contributed by atoms with van der Waals surface area (Å²) in [6.45, 7) is 2.38. The summed E-state index contributed by atoms with van der Waals surface area (Å²) < 4.78 is 14.6. The van der Waals surface area contributed by atoms with Crippen molar-refractivity contribution in [2.75, 3.05) is 13.1 Å². The van der Waals surface area contributed by atoms with Crippen molar-refractivity contribution in [2.45, 2.75) is 32.2 Å². The Hall–Kier alpha value is -2.84. The molecule has 1 aromatic carbocycles. The lowest BCUT2D eigenvalue weighted by Crippen LogP contribution is -2.46. The van der Waals surface area contributed by atoms with Crippen molar-refractivity contribution in [1.29, 1.82) is 0 Å². The standard InChI is InChI=1S/C17H20FN5O3/c1-11-19-20-21-23(11)15(9-12-4-6-14(18)7-5-12)16(24)22-8-2-3-13(10-22)17(25)26/h4-7,13,15H,2-3,8-10H2,1H3,(H,25,26)/t13-,15+/m0/s1. The molecular formula is C17H20FN5O3. The second-order valence-electron chi connectivity index (χ2n) is 6.48. The maximum absolute atomic E-state index is 13.2. The van der Waals surface area contributed by atoms with Gasteiger partial charge in [-0.15, -0.1) is 5.10 Å². The number of halogens is 1. The van der Waals surface area contributed by atoms with Crippen molar-refractivity contribution in [2.24, 2.45) is 5.92 Å². The molecule has 2 atom stereocenters. The minimum absolute atomic E-state index is 0.176. The number of rotatable bonds is 5. The molecule has 1 aliphatic heterocycles. The Labute approximate surface area is 149 Å². The molecule has 1 aliphatic rings. The molecule has 0 saturated carbocycles. The lowest BCUT2D eigenvalue weighted by molar-refractivity contribution is -0.146. The monoisotopic (exact) mass is 361 g/mol. The fraction of sp³-hybridized carbons (Fsp3) is 0.471. The van der Waals surface area contributed by atoms with Crippen LogP contribution in [0.25, 0.3) is 0 Å². The highest BCUT2D eigenvalue weighted by atomic mass is 19.1. The van der Waals surface area contributed by atoms with Crippen LogP contribution in [0.5, 0.6) is 0 Å². The van der Waals surface area contributed by atoms with E-state index in [4.69, 9.17) is 0 Å². The van der Waals surface area contributed by atoms with Gasteiger partial charge in [-0.1, -0.05) is 12.1 Å². The molecule has 138 valence electrons. The maximum Gasteiger partial charge on any atom is 0.308 e. The SMILES string of the molecule is Cc1nnnn1[C@H](Cc1ccc(F)cc1)C(=O)N1CCC[C@H](C(=O)O)C1. The minimum Gasteiger partial charge on any atom is -0.481 e. The quantitative estimate of drug-likeness (QED) is 0.859. The molecule has 0 radical (unpaired) electrons. The molecule has 26 heavy (non-hydrogen) atoms. The van der Waals surface area contributed by atoms with E-state index in [1.807, 2.05) is 0 Å². The molecule has 1 fully saturated rings. The highest BCUT2D eigenvalue weighted by Gasteiger charge is 2.33. The number of hydrogen-bond acceptors (Lipinski definition) is 5. The van der Waals surface area contributed by atoms with Gasteiger partial charge in [-0.3, -0.25) is 9.59 Å². The normalized spacial score (nSPS) is 18.5. The second kappa shape index (κ2) is 7.59. The molecule has 9 heteroatoms. The Kier molecular flexibility index (Phi) is 5.24. The maximum atomic E-state index is 13.2. The first-order chi connectivity index (χ1) is 12.5.